The first-order valence-electron chi connectivity index (χ1n) is 6.35. The van der Waals surface area contributed by atoms with Gasteiger partial charge in [-0.15, -0.1) is 0 Å². The molecule has 0 radical (unpaired) electrons. The lowest BCUT2D eigenvalue weighted by molar-refractivity contribution is 0.187. The molecule has 0 amide bonds. The van der Waals surface area contributed by atoms with E-state index in [4.69, 9.17) is 5.73 Å². The van der Waals surface area contributed by atoms with Crippen molar-refractivity contribution < 1.29 is 4.39 Å². The van der Waals surface area contributed by atoms with Crippen molar-refractivity contribution in [1.82, 2.24) is 4.90 Å². The summed E-state index contributed by atoms with van der Waals surface area (Å²) >= 11 is 0. The summed E-state index contributed by atoms with van der Waals surface area (Å²) < 4.78 is 13.8. The molecule has 2 N–H and O–H groups in total. The van der Waals surface area contributed by atoms with Gasteiger partial charge >= 0.3 is 0 Å². The van der Waals surface area contributed by atoms with Gasteiger partial charge in [0, 0.05) is 12.5 Å². The Kier molecular flexibility index (Phi) is 4.13. The van der Waals surface area contributed by atoms with E-state index in [1.807, 2.05) is 12.1 Å². The third-order valence-electron chi connectivity index (χ3n) is 3.79. The molecule has 17 heavy (non-hydrogen) atoms. The second kappa shape index (κ2) is 5.61. The van der Waals surface area contributed by atoms with Gasteiger partial charge in [0.1, 0.15) is 5.82 Å². The van der Waals surface area contributed by atoms with Crippen LogP contribution < -0.4 is 5.73 Å². The molecule has 0 aliphatic carbocycles. The molecule has 2 rings (SSSR count). The van der Waals surface area contributed by atoms with Crippen LogP contribution in [0.3, 0.4) is 0 Å². The molecule has 1 aromatic rings. The van der Waals surface area contributed by atoms with Crippen molar-refractivity contribution in [1.29, 1.82) is 0 Å². The molecule has 0 spiro atoms. The number of nitrogens with two attached hydrogens (primary N) is 1. The third kappa shape index (κ3) is 2.85. The molecule has 3 heteroatoms. The first-order valence-corrected chi connectivity index (χ1v) is 6.35. The minimum Gasteiger partial charge on any atom is -0.330 e. The minimum atomic E-state index is -0.115. The molecule has 0 bridgehead atoms. The Hall–Kier alpha value is -0.930. The zero-order valence-electron chi connectivity index (χ0n) is 10.4. The fourth-order valence-electron chi connectivity index (χ4n) is 2.88. The van der Waals surface area contributed by atoms with E-state index in [9.17, 15) is 4.39 Å². The first-order chi connectivity index (χ1) is 8.22. The van der Waals surface area contributed by atoms with E-state index in [2.05, 4.69) is 11.9 Å². The van der Waals surface area contributed by atoms with Gasteiger partial charge in [0.25, 0.3) is 0 Å². The van der Waals surface area contributed by atoms with Gasteiger partial charge < -0.3 is 10.6 Å². The highest BCUT2D eigenvalue weighted by Crippen LogP contribution is 2.31. The normalized spacial score (nSPS) is 23.6. The average Bonchev–Trinajstić information content (AvgIpc) is 2.33. The summed E-state index contributed by atoms with van der Waals surface area (Å²) in [5.74, 6) is 0.519. The Balaban J connectivity index is 2.18. The number of halogens is 1. The molecular formula is C14H21FN2. The van der Waals surface area contributed by atoms with Gasteiger partial charge in [-0.05, 0) is 50.5 Å². The van der Waals surface area contributed by atoms with Crippen LogP contribution in [0.15, 0.2) is 24.3 Å². The van der Waals surface area contributed by atoms with Crippen LogP contribution in [0.4, 0.5) is 4.39 Å². The van der Waals surface area contributed by atoms with E-state index >= 15 is 0 Å². The van der Waals surface area contributed by atoms with E-state index < -0.39 is 0 Å². The lowest BCUT2D eigenvalue weighted by atomic mass is 9.81. The van der Waals surface area contributed by atoms with Crippen molar-refractivity contribution in [3.8, 4) is 0 Å². The molecule has 1 aromatic carbocycles. The van der Waals surface area contributed by atoms with Crippen LogP contribution in [0, 0.1) is 11.7 Å². The standard InChI is InChI=1S/C14H21FN2/c1-17-8-4-5-11(10-17)13(9-16)12-6-2-3-7-14(12)15/h2-3,6-7,11,13H,4-5,8-10,16H2,1H3. The second-order valence-corrected chi connectivity index (χ2v) is 5.03. The zero-order chi connectivity index (χ0) is 12.3. The van der Waals surface area contributed by atoms with Crippen molar-refractivity contribution in [3.63, 3.8) is 0 Å². The second-order valence-electron chi connectivity index (χ2n) is 5.03. The molecule has 1 heterocycles. The number of hydrogen-bond acceptors (Lipinski definition) is 2. The molecule has 1 saturated heterocycles. The minimum absolute atomic E-state index is 0.115. The zero-order valence-corrected chi connectivity index (χ0v) is 10.4. The van der Waals surface area contributed by atoms with E-state index in [0.29, 0.717) is 12.5 Å². The van der Waals surface area contributed by atoms with Gasteiger partial charge in [-0.3, -0.25) is 0 Å². The Morgan fingerprint density at radius 3 is 2.88 bits per heavy atom. The van der Waals surface area contributed by atoms with Crippen LogP contribution in [0.25, 0.3) is 0 Å². The highest BCUT2D eigenvalue weighted by atomic mass is 19.1. The molecule has 1 aliphatic rings. The fourth-order valence-corrected chi connectivity index (χ4v) is 2.88. The number of benzene rings is 1. The maximum absolute atomic E-state index is 13.8. The molecule has 0 aromatic heterocycles. The quantitative estimate of drug-likeness (QED) is 0.872. The van der Waals surface area contributed by atoms with Gasteiger partial charge in [0.15, 0.2) is 0 Å². The summed E-state index contributed by atoms with van der Waals surface area (Å²) in [6.07, 6.45) is 2.34. The monoisotopic (exact) mass is 236 g/mol. The van der Waals surface area contributed by atoms with Crippen LogP contribution in [0.2, 0.25) is 0 Å². The van der Waals surface area contributed by atoms with Crippen molar-refractivity contribution in [2.45, 2.75) is 18.8 Å². The summed E-state index contributed by atoms with van der Waals surface area (Å²) in [7, 11) is 2.13. The van der Waals surface area contributed by atoms with Gasteiger partial charge in [0.2, 0.25) is 0 Å². The maximum atomic E-state index is 13.8. The Labute approximate surface area is 103 Å². The molecule has 2 atom stereocenters. The van der Waals surface area contributed by atoms with Crippen LogP contribution in [0.1, 0.15) is 24.3 Å². The van der Waals surface area contributed by atoms with Crippen LogP contribution in [-0.4, -0.2) is 31.6 Å². The largest absolute Gasteiger partial charge is 0.330 e. The summed E-state index contributed by atoms with van der Waals surface area (Å²) in [4.78, 5) is 2.32. The van der Waals surface area contributed by atoms with E-state index in [1.54, 1.807) is 6.07 Å². The molecule has 94 valence electrons. The lowest BCUT2D eigenvalue weighted by Crippen LogP contribution is -2.37. The van der Waals surface area contributed by atoms with Gasteiger partial charge in [-0.1, -0.05) is 18.2 Å². The van der Waals surface area contributed by atoms with Crippen molar-refractivity contribution in [2.75, 3.05) is 26.7 Å². The van der Waals surface area contributed by atoms with Gasteiger partial charge in [0.05, 0.1) is 0 Å². The highest BCUT2D eigenvalue weighted by Gasteiger charge is 2.27. The van der Waals surface area contributed by atoms with Crippen molar-refractivity contribution in [3.05, 3.63) is 35.6 Å². The number of piperidine rings is 1. The predicted octanol–water partition coefficient (Wildman–Crippen LogP) is 2.21. The fraction of sp³-hybridized carbons (Fsp3) is 0.571. The lowest BCUT2D eigenvalue weighted by Gasteiger charge is -2.35. The highest BCUT2D eigenvalue weighted by molar-refractivity contribution is 5.23. The average molecular weight is 236 g/mol. The molecule has 0 saturated carbocycles. The smallest absolute Gasteiger partial charge is 0.126 e. The van der Waals surface area contributed by atoms with E-state index in [0.717, 1.165) is 25.1 Å². The number of nitrogens with zero attached hydrogens (tertiary/aromatic N) is 1. The van der Waals surface area contributed by atoms with Crippen molar-refractivity contribution >= 4 is 0 Å². The van der Waals surface area contributed by atoms with Crippen LogP contribution in [0.5, 0.6) is 0 Å². The third-order valence-corrected chi connectivity index (χ3v) is 3.79. The van der Waals surface area contributed by atoms with Crippen LogP contribution in [-0.2, 0) is 0 Å². The molecule has 2 nitrogen and oxygen atoms in total. The number of likely N-dealkylation sites (tertiary alicyclic amines) is 1. The van der Waals surface area contributed by atoms with Gasteiger partial charge in [-0.2, -0.15) is 0 Å². The predicted molar refractivity (Wildman–Crippen MR) is 68.4 cm³/mol. The van der Waals surface area contributed by atoms with Crippen LogP contribution >= 0.6 is 0 Å². The SMILES string of the molecule is CN1CCCC(C(CN)c2ccccc2F)C1. The number of hydrogen-bond donors (Lipinski definition) is 1. The molecule has 2 unspecified atom stereocenters. The Morgan fingerprint density at radius 2 is 2.24 bits per heavy atom. The summed E-state index contributed by atoms with van der Waals surface area (Å²) in [5, 5.41) is 0. The first kappa shape index (κ1) is 12.5. The van der Waals surface area contributed by atoms with E-state index in [-0.39, 0.29) is 11.7 Å². The Bertz CT molecular complexity index is 367. The molecule has 1 aliphatic heterocycles. The van der Waals surface area contributed by atoms with Gasteiger partial charge in [-0.25, -0.2) is 4.39 Å². The summed E-state index contributed by atoms with van der Waals surface area (Å²) in [6.45, 7) is 2.70. The summed E-state index contributed by atoms with van der Waals surface area (Å²) in [6, 6.07) is 7.04. The number of rotatable bonds is 3. The Morgan fingerprint density at radius 1 is 1.47 bits per heavy atom. The summed E-state index contributed by atoms with van der Waals surface area (Å²) in [5.41, 5.74) is 6.65. The van der Waals surface area contributed by atoms with Crippen molar-refractivity contribution in [2.24, 2.45) is 11.7 Å². The molecule has 1 fully saturated rings. The topological polar surface area (TPSA) is 29.3 Å². The maximum Gasteiger partial charge on any atom is 0.126 e. The molecular weight excluding hydrogens is 215 g/mol. The van der Waals surface area contributed by atoms with E-state index in [1.165, 1.54) is 12.5 Å².